The van der Waals surface area contributed by atoms with Gasteiger partial charge in [-0.05, 0) is 19.9 Å². The molecule has 1 aromatic carbocycles. The monoisotopic (exact) mass is 202 g/mol. The quantitative estimate of drug-likeness (QED) is 0.732. The van der Waals surface area contributed by atoms with Gasteiger partial charge in [-0.15, -0.1) is 0 Å². The highest BCUT2D eigenvalue weighted by atomic mass is 16.1. The van der Waals surface area contributed by atoms with Crippen LogP contribution in [0.15, 0.2) is 24.3 Å². The Bertz CT molecular complexity index is 511. The Hall–Kier alpha value is -1.61. The third-order valence-electron chi connectivity index (χ3n) is 2.55. The third kappa shape index (κ3) is 1.55. The van der Waals surface area contributed by atoms with Crippen LogP contribution < -0.4 is 5.73 Å². The molecule has 2 rings (SSSR count). The van der Waals surface area contributed by atoms with Gasteiger partial charge in [-0.1, -0.05) is 18.2 Å². The van der Waals surface area contributed by atoms with Crippen molar-refractivity contribution in [3.8, 4) is 0 Å². The van der Waals surface area contributed by atoms with E-state index in [0.717, 1.165) is 22.2 Å². The van der Waals surface area contributed by atoms with Gasteiger partial charge in [0.25, 0.3) is 0 Å². The van der Waals surface area contributed by atoms with Crippen molar-refractivity contribution in [2.45, 2.75) is 19.9 Å². The number of para-hydroxylation sites is 1. The SMILES string of the molecule is Cc1[nH]c2ccccc2c1C(=O)C(C)N. The number of nitrogens with two attached hydrogens (primary N) is 1. The molecule has 3 nitrogen and oxygen atoms in total. The zero-order chi connectivity index (χ0) is 11.0. The molecule has 0 aliphatic rings. The largest absolute Gasteiger partial charge is 0.358 e. The lowest BCUT2D eigenvalue weighted by Crippen LogP contribution is -2.27. The van der Waals surface area contributed by atoms with E-state index in [0.29, 0.717) is 0 Å². The predicted octanol–water partition coefficient (Wildman–Crippen LogP) is 2.01. The smallest absolute Gasteiger partial charge is 0.181 e. The molecule has 0 aliphatic heterocycles. The zero-order valence-corrected chi connectivity index (χ0v) is 8.87. The Balaban J connectivity index is 2.69. The first-order chi connectivity index (χ1) is 7.11. The number of aromatic amines is 1. The number of nitrogens with one attached hydrogen (secondary N) is 1. The van der Waals surface area contributed by atoms with Crippen LogP contribution in [0, 0.1) is 6.92 Å². The third-order valence-corrected chi connectivity index (χ3v) is 2.55. The molecule has 0 aliphatic carbocycles. The molecule has 1 heterocycles. The van der Waals surface area contributed by atoms with Gasteiger partial charge in [0.15, 0.2) is 5.78 Å². The maximum Gasteiger partial charge on any atom is 0.181 e. The number of Topliss-reactive ketones (excluding diaryl/α,β-unsaturated/α-hetero) is 1. The van der Waals surface area contributed by atoms with E-state index in [1.165, 1.54) is 0 Å². The van der Waals surface area contributed by atoms with Gasteiger partial charge in [0, 0.05) is 22.2 Å². The highest BCUT2D eigenvalue weighted by molar-refractivity contribution is 6.11. The van der Waals surface area contributed by atoms with Gasteiger partial charge in [0.05, 0.1) is 6.04 Å². The Morgan fingerprint density at radius 3 is 2.73 bits per heavy atom. The normalized spacial score (nSPS) is 13.0. The van der Waals surface area contributed by atoms with Gasteiger partial charge in [-0.2, -0.15) is 0 Å². The summed E-state index contributed by atoms with van der Waals surface area (Å²) in [6.45, 7) is 3.61. The Morgan fingerprint density at radius 2 is 2.07 bits per heavy atom. The number of hydrogen-bond donors (Lipinski definition) is 2. The van der Waals surface area contributed by atoms with Crippen LogP contribution >= 0.6 is 0 Å². The molecule has 0 radical (unpaired) electrons. The van der Waals surface area contributed by atoms with Crippen LogP contribution in [-0.4, -0.2) is 16.8 Å². The molecule has 0 saturated carbocycles. The zero-order valence-electron chi connectivity index (χ0n) is 8.87. The molecular weight excluding hydrogens is 188 g/mol. The van der Waals surface area contributed by atoms with Gasteiger partial charge in [0.2, 0.25) is 0 Å². The molecule has 0 fully saturated rings. The van der Waals surface area contributed by atoms with Gasteiger partial charge in [-0.3, -0.25) is 4.79 Å². The molecule has 0 amide bonds. The van der Waals surface area contributed by atoms with Crippen molar-refractivity contribution in [3.05, 3.63) is 35.5 Å². The predicted molar refractivity (Wildman–Crippen MR) is 61.0 cm³/mol. The lowest BCUT2D eigenvalue weighted by Gasteiger charge is -2.03. The highest BCUT2D eigenvalue weighted by Gasteiger charge is 2.18. The summed E-state index contributed by atoms with van der Waals surface area (Å²) in [4.78, 5) is 15.1. The molecule has 0 spiro atoms. The average Bonchev–Trinajstić information content (AvgIpc) is 2.52. The van der Waals surface area contributed by atoms with Crippen LogP contribution in [0.25, 0.3) is 10.9 Å². The van der Waals surface area contributed by atoms with Crippen molar-refractivity contribution in [2.24, 2.45) is 5.73 Å². The number of carbonyl (C=O) groups is 1. The fourth-order valence-corrected chi connectivity index (χ4v) is 1.82. The van der Waals surface area contributed by atoms with E-state index in [1.54, 1.807) is 6.92 Å². The molecule has 3 N–H and O–H groups in total. The standard InChI is InChI=1S/C12H14N2O/c1-7(13)12(15)11-8(2)14-10-6-4-3-5-9(10)11/h3-7,14H,13H2,1-2H3. The van der Waals surface area contributed by atoms with Gasteiger partial charge in [-0.25, -0.2) is 0 Å². The number of rotatable bonds is 2. The number of aryl methyl sites for hydroxylation is 1. The molecule has 0 saturated heterocycles. The molecule has 2 aromatic rings. The topological polar surface area (TPSA) is 58.9 Å². The number of benzene rings is 1. The minimum atomic E-state index is -0.456. The molecule has 1 unspecified atom stereocenters. The molecule has 1 aromatic heterocycles. The fourth-order valence-electron chi connectivity index (χ4n) is 1.82. The lowest BCUT2D eigenvalue weighted by molar-refractivity contribution is 0.0969. The summed E-state index contributed by atoms with van der Waals surface area (Å²) in [7, 11) is 0. The first-order valence-electron chi connectivity index (χ1n) is 4.98. The highest BCUT2D eigenvalue weighted by Crippen LogP contribution is 2.22. The first kappa shape index (κ1) is 9.93. The maximum atomic E-state index is 11.9. The van der Waals surface area contributed by atoms with Crippen LogP contribution in [0.5, 0.6) is 0 Å². The van der Waals surface area contributed by atoms with Crippen molar-refractivity contribution in [2.75, 3.05) is 0 Å². The Kier molecular flexibility index (Phi) is 2.32. The fraction of sp³-hybridized carbons (Fsp3) is 0.250. The number of carbonyl (C=O) groups excluding carboxylic acids is 1. The van der Waals surface area contributed by atoms with Crippen LogP contribution in [0.1, 0.15) is 23.0 Å². The summed E-state index contributed by atoms with van der Waals surface area (Å²) in [5, 5.41) is 0.956. The van der Waals surface area contributed by atoms with E-state index in [-0.39, 0.29) is 5.78 Å². The van der Waals surface area contributed by atoms with Crippen molar-refractivity contribution in [1.82, 2.24) is 4.98 Å². The number of ketones is 1. The van der Waals surface area contributed by atoms with Crippen LogP contribution in [0.2, 0.25) is 0 Å². The summed E-state index contributed by atoms with van der Waals surface area (Å²) >= 11 is 0. The van der Waals surface area contributed by atoms with Gasteiger partial charge in [0.1, 0.15) is 0 Å². The summed E-state index contributed by atoms with van der Waals surface area (Å²) in [5.41, 5.74) is 8.22. The van der Waals surface area contributed by atoms with E-state index in [2.05, 4.69) is 4.98 Å². The number of fused-ring (bicyclic) bond motifs is 1. The minimum Gasteiger partial charge on any atom is -0.358 e. The first-order valence-corrected chi connectivity index (χ1v) is 4.98. The minimum absolute atomic E-state index is 0.00931. The molecule has 15 heavy (non-hydrogen) atoms. The summed E-state index contributed by atoms with van der Waals surface area (Å²) in [6, 6.07) is 7.31. The van der Waals surface area contributed by atoms with Crippen molar-refractivity contribution in [3.63, 3.8) is 0 Å². The summed E-state index contributed by atoms with van der Waals surface area (Å²) < 4.78 is 0. The average molecular weight is 202 g/mol. The van der Waals surface area contributed by atoms with Gasteiger partial charge >= 0.3 is 0 Å². The number of aromatic nitrogens is 1. The van der Waals surface area contributed by atoms with Crippen LogP contribution in [0.4, 0.5) is 0 Å². The van der Waals surface area contributed by atoms with Crippen LogP contribution in [0.3, 0.4) is 0 Å². The summed E-state index contributed by atoms with van der Waals surface area (Å²) in [5.74, 6) is -0.00931. The van der Waals surface area contributed by atoms with Crippen LogP contribution in [-0.2, 0) is 0 Å². The maximum absolute atomic E-state index is 11.9. The number of H-pyrrole nitrogens is 1. The lowest BCUT2D eigenvalue weighted by atomic mass is 10.0. The van der Waals surface area contributed by atoms with E-state index in [1.807, 2.05) is 31.2 Å². The van der Waals surface area contributed by atoms with E-state index in [4.69, 9.17) is 5.73 Å². The van der Waals surface area contributed by atoms with Gasteiger partial charge < -0.3 is 10.7 Å². The van der Waals surface area contributed by atoms with Crippen molar-refractivity contribution >= 4 is 16.7 Å². The van der Waals surface area contributed by atoms with Crippen molar-refractivity contribution in [1.29, 1.82) is 0 Å². The summed E-state index contributed by atoms with van der Waals surface area (Å²) in [6.07, 6.45) is 0. The van der Waals surface area contributed by atoms with E-state index in [9.17, 15) is 4.79 Å². The van der Waals surface area contributed by atoms with E-state index < -0.39 is 6.04 Å². The Morgan fingerprint density at radius 1 is 1.40 bits per heavy atom. The second kappa shape index (κ2) is 3.51. The number of hydrogen-bond acceptors (Lipinski definition) is 2. The molecular formula is C12H14N2O. The second-order valence-corrected chi connectivity index (χ2v) is 3.82. The Labute approximate surface area is 88.3 Å². The molecule has 78 valence electrons. The molecule has 0 bridgehead atoms. The van der Waals surface area contributed by atoms with E-state index >= 15 is 0 Å². The molecule has 3 heteroatoms. The van der Waals surface area contributed by atoms with Crippen molar-refractivity contribution < 1.29 is 4.79 Å². The molecule has 1 atom stereocenters. The second-order valence-electron chi connectivity index (χ2n) is 3.82.